The number of nitrogens with zero attached hydrogens (tertiary/aromatic N) is 1. The summed E-state index contributed by atoms with van der Waals surface area (Å²) >= 11 is 0. The summed E-state index contributed by atoms with van der Waals surface area (Å²) in [7, 11) is 0. The molecule has 1 heterocycles. The quantitative estimate of drug-likeness (QED) is 0.718. The van der Waals surface area contributed by atoms with Gasteiger partial charge in [-0.05, 0) is 25.7 Å². The van der Waals surface area contributed by atoms with Gasteiger partial charge in [0.1, 0.15) is 18.9 Å². The molecule has 1 N–H and O–H groups in total. The maximum absolute atomic E-state index is 11.9. The third-order valence-electron chi connectivity index (χ3n) is 3.50. The molecular weight excluding hydrogens is 260 g/mol. The van der Waals surface area contributed by atoms with E-state index in [-0.39, 0.29) is 24.6 Å². The Kier molecular flexibility index (Phi) is 7.04. The van der Waals surface area contributed by atoms with Crippen LogP contribution in [0.2, 0.25) is 0 Å². The second-order valence-electron chi connectivity index (χ2n) is 5.01. The minimum absolute atomic E-state index is 0.107. The molecular formula is C14H24N2O4. The van der Waals surface area contributed by atoms with Gasteiger partial charge >= 0.3 is 6.09 Å². The number of likely N-dealkylation sites (tertiary alicyclic amines) is 1. The van der Waals surface area contributed by atoms with Crippen LogP contribution in [0.5, 0.6) is 0 Å². The standard InChI is InChI=1S/C14H24N2O4/c1-3-6-12(4-2)20-14(19)15-9-13(18)16-8-5-7-11(16)10-17/h10-12H,3-9H2,1-2H3,(H,15,19)/t11-,12?/m0/s1. The fraction of sp³-hybridized carbons (Fsp3) is 0.786. The molecule has 114 valence electrons. The summed E-state index contributed by atoms with van der Waals surface area (Å²) in [6, 6.07) is -0.344. The number of hydrogen-bond acceptors (Lipinski definition) is 4. The SMILES string of the molecule is CCCC(CC)OC(=O)NCC(=O)N1CCC[C@H]1C=O. The second-order valence-corrected chi connectivity index (χ2v) is 5.01. The van der Waals surface area contributed by atoms with Crippen LogP contribution in [0.25, 0.3) is 0 Å². The highest BCUT2D eigenvalue weighted by Gasteiger charge is 2.28. The lowest BCUT2D eigenvalue weighted by atomic mass is 10.2. The number of alkyl carbamates (subject to hydrolysis) is 1. The average Bonchev–Trinajstić information content (AvgIpc) is 2.92. The van der Waals surface area contributed by atoms with E-state index in [0.29, 0.717) is 13.0 Å². The molecule has 1 aliphatic heterocycles. The molecule has 1 saturated heterocycles. The van der Waals surface area contributed by atoms with Crippen LogP contribution in [-0.4, -0.2) is 48.4 Å². The number of nitrogens with one attached hydrogen (secondary N) is 1. The van der Waals surface area contributed by atoms with Gasteiger partial charge in [0.15, 0.2) is 0 Å². The Balaban J connectivity index is 2.33. The molecule has 0 saturated carbocycles. The minimum Gasteiger partial charge on any atom is -0.446 e. The van der Waals surface area contributed by atoms with Crippen molar-refractivity contribution in [3.63, 3.8) is 0 Å². The van der Waals surface area contributed by atoms with Crippen LogP contribution in [0.15, 0.2) is 0 Å². The van der Waals surface area contributed by atoms with Gasteiger partial charge in [0.2, 0.25) is 5.91 Å². The number of aldehydes is 1. The Morgan fingerprint density at radius 2 is 2.20 bits per heavy atom. The van der Waals surface area contributed by atoms with Crippen LogP contribution in [-0.2, 0) is 14.3 Å². The van der Waals surface area contributed by atoms with Crippen molar-refractivity contribution in [3.8, 4) is 0 Å². The van der Waals surface area contributed by atoms with Gasteiger partial charge in [-0.25, -0.2) is 4.79 Å². The van der Waals surface area contributed by atoms with Gasteiger partial charge in [-0.3, -0.25) is 4.79 Å². The van der Waals surface area contributed by atoms with E-state index in [2.05, 4.69) is 5.32 Å². The fourth-order valence-electron chi connectivity index (χ4n) is 2.35. The largest absolute Gasteiger partial charge is 0.446 e. The fourth-order valence-corrected chi connectivity index (χ4v) is 2.35. The van der Waals surface area contributed by atoms with Gasteiger partial charge in [-0.2, -0.15) is 0 Å². The maximum atomic E-state index is 11.9. The molecule has 1 aliphatic rings. The summed E-state index contributed by atoms with van der Waals surface area (Å²) in [6.07, 6.45) is 4.16. The van der Waals surface area contributed by atoms with E-state index in [1.54, 1.807) is 0 Å². The summed E-state index contributed by atoms with van der Waals surface area (Å²) in [4.78, 5) is 35.8. The van der Waals surface area contributed by atoms with Crippen molar-refractivity contribution in [1.29, 1.82) is 0 Å². The molecule has 20 heavy (non-hydrogen) atoms. The van der Waals surface area contributed by atoms with Crippen molar-refractivity contribution in [2.24, 2.45) is 0 Å². The molecule has 6 nitrogen and oxygen atoms in total. The normalized spacial score (nSPS) is 19.5. The Labute approximate surface area is 119 Å². The van der Waals surface area contributed by atoms with Crippen LogP contribution in [0.1, 0.15) is 46.0 Å². The van der Waals surface area contributed by atoms with E-state index in [9.17, 15) is 14.4 Å². The van der Waals surface area contributed by atoms with E-state index in [1.165, 1.54) is 4.90 Å². The van der Waals surface area contributed by atoms with Gasteiger partial charge in [-0.1, -0.05) is 20.3 Å². The lowest BCUT2D eigenvalue weighted by Crippen LogP contribution is -2.43. The lowest BCUT2D eigenvalue weighted by Gasteiger charge is -2.21. The highest BCUT2D eigenvalue weighted by Crippen LogP contribution is 2.15. The number of rotatable bonds is 7. The molecule has 0 bridgehead atoms. The summed E-state index contributed by atoms with van der Waals surface area (Å²) in [5.41, 5.74) is 0. The minimum atomic E-state index is -0.569. The predicted molar refractivity (Wildman–Crippen MR) is 74.3 cm³/mol. The highest BCUT2D eigenvalue weighted by atomic mass is 16.6. The summed E-state index contributed by atoms with van der Waals surface area (Å²) in [6.45, 7) is 4.44. The van der Waals surface area contributed by atoms with Gasteiger partial charge < -0.3 is 19.7 Å². The van der Waals surface area contributed by atoms with Crippen LogP contribution in [0, 0.1) is 0 Å². The Hall–Kier alpha value is -1.59. The lowest BCUT2D eigenvalue weighted by molar-refractivity contribution is -0.133. The Bertz CT molecular complexity index is 346. The van der Waals surface area contributed by atoms with E-state index in [0.717, 1.165) is 32.0 Å². The number of ether oxygens (including phenoxy) is 1. The molecule has 0 aromatic rings. The molecule has 0 aromatic carbocycles. The van der Waals surface area contributed by atoms with Crippen molar-refractivity contribution in [3.05, 3.63) is 0 Å². The second kappa shape index (κ2) is 8.55. The Morgan fingerprint density at radius 1 is 1.45 bits per heavy atom. The molecule has 0 radical (unpaired) electrons. The summed E-state index contributed by atoms with van der Waals surface area (Å²) < 4.78 is 5.22. The average molecular weight is 284 g/mol. The smallest absolute Gasteiger partial charge is 0.407 e. The maximum Gasteiger partial charge on any atom is 0.407 e. The van der Waals surface area contributed by atoms with Crippen LogP contribution in [0.3, 0.4) is 0 Å². The number of hydrogen-bond donors (Lipinski definition) is 1. The van der Waals surface area contributed by atoms with E-state index >= 15 is 0 Å². The van der Waals surface area contributed by atoms with Crippen molar-refractivity contribution >= 4 is 18.3 Å². The van der Waals surface area contributed by atoms with E-state index in [1.807, 2.05) is 13.8 Å². The zero-order valence-corrected chi connectivity index (χ0v) is 12.3. The third-order valence-corrected chi connectivity index (χ3v) is 3.50. The molecule has 2 amide bonds. The van der Waals surface area contributed by atoms with Crippen molar-refractivity contribution in [2.45, 2.75) is 58.1 Å². The van der Waals surface area contributed by atoms with Crippen LogP contribution >= 0.6 is 0 Å². The molecule has 6 heteroatoms. The molecule has 0 aliphatic carbocycles. The number of carbonyl (C=O) groups is 3. The first-order valence-corrected chi connectivity index (χ1v) is 7.31. The third kappa shape index (κ3) is 4.83. The van der Waals surface area contributed by atoms with Crippen LogP contribution < -0.4 is 5.32 Å². The molecule has 0 spiro atoms. The zero-order valence-electron chi connectivity index (χ0n) is 12.3. The predicted octanol–water partition coefficient (Wildman–Crippen LogP) is 1.48. The molecule has 0 aromatic heterocycles. The first-order valence-electron chi connectivity index (χ1n) is 7.31. The Morgan fingerprint density at radius 3 is 2.80 bits per heavy atom. The van der Waals surface area contributed by atoms with Gasteiger partial charge in [-0.15, -0.1) is 0 Å². The highest BCUT2D eigenvalue weighted by molar-refractivity contribution is 5.84. The van der Waals surface area contributed by atoms with Crippen molar-refractivity contribution in [1.82, 2.24) is 10.2 Å². The van der Waals surface area contributed by atoms with Gasteiger partial charge in [0.05, 0.1) is 6.04 Å². The van der Waals surface area contributed by atoms with Gasteiger partial charge in [0, 0.05) is 6.54 Å². The zero-order chi connectivity index (χ0) is 15.0. The molecule has 2 atom stereocenters. The first-order chi connectivity index (χ1) is 9.62. The molecule has 1 unspecified atom stereocenters. The van der Waals surface area contributed by atoms with E-state index in [4.69, 9.17) is 4.74 Å². The summed E-state index contributed by atoms with van der Waals surface area (Å²) in [5, 5.41) is 2.46. The van der Waals surface area contributed by atoms with Crippen LogP contribution in [0.4, 0.5) is 4.79 Å². The topological polar surface area (TPSA) is 75.7 Å². The number of carbonyl (C=O) groups excluding carboxylic acids is 3. The number of amides is 2. The van der Waals surface area contributed by atoms with Gasteiger partial charge in [0.25, 0.3) is 0 Å². The monoisotopic (exact) mass is 284 g/mol. The molecule has 1 rings (SSSR count). The van der Waals surface area contributed by atoms with E-state index < -0.39 is 6.09 Å². The van der Waals surface area contributed by atoms with Crippen molar-refractivity contribution < 1.29 is 19.1 Å². The molecule has 1 fully saturated rings. The summed E-state index contributed by atoms with van der Waals surface area (Å²) in [5.74, 6) is -0.236. The van der Waals surface area contributed by atoms with Crippen molar-refractivity contribution in [2.75, 3.05) is 13.1 Å². The first kappa shape index (κ1) is 16.5.